The van der Waals surface area contributed by atoms with Gasteiger partial charge in [0.25, 0.3) is 0 Å². The Bertz CT molecular complexity index is 848. The zero-order chi connectivity index (χ0) is 21.7. The first-order valence-corrected chi connectivity index (χ1v) is 12.0. The maximum atomic E-state index is 12.9. The molecule has 0 aromatic carbocycles. The van der Waals surface area contributed by atoms with E-state index in [9.17, 15) is 14.4 Å². The molecule has 6 rings (SSSR count). The van der Waals surface area contributed by atoms with Crippen LogP contribution >= 0.6 is 0 Å². The summed E-state index contributed by atoms with van der Waals surface area (Å²) in [5, 5.41) is 3.31. The Morgan fingerprint density at radius 3 is 2.65 bits per heavy atom. The van der Waals surface area contributed by atoms with Gasteiger partial charge in [0.2, 0.25) is 0 Å². The fourth-order valence-corrected chi connectivity index (χ4v) is 8.36. The zero-order valence-corrected chi connectivity index (χ0v) is 18.5. The maximum Gasteiger partial charge on any atom is 0.409 e. The molecule has 5 heterocycles. The zero-order valence-electron chi connectivity index (χ0n) is 18.5. The predicted octanol–water partition coefficient (Wildman–Crippen LogP) is 2.20. The molecule has 1 N–H and O–H groups in total. The molecule has 170 valence electrons. The van der Waals surface area contributed by atoms with E-state index in [4.69, 9.17) is 14.2 Å². The van der Waals surface area contributed by atoms with Gasteiger partial charge >= 0.3 is 18.0 Å². The molecule has 1 saturated carbocycles. The van der Waals surface area contributed by atoms with Crippen molar-refractivity contribution in [3.8, 4) is 0 Å². The van der Waals surface area contributed by atoms with Gasteiger partial charge < -0.3 is 14.2 Å². The number of ether oxygens (including phenoxy) is 3. The van der Waals surface area contributed by atoms with Crippen molar-refractivity contribution in [2.45, 2.75) is 88.8 Å². The highest BCUT2D eigenvalue weighted by Crippen LogP contribution is 2.66. The van der Waals surface area contributed by atoms with Crippen LogP contribution in [0.1, 0.15) is 59.3 Å². The summed E-state index contributed by atoms with van der Waals surface area (Å²) in [6.45, 7) is 6.81. The molecule has 6 fully saturated rings. The summed E-state index contributed by atoms with van der Waals surface area (Å²) in [5.41, 5.74) is -1.52. The molecule has 5 aliphatic heterocycles. The summed E-state index contributed by atoms with van der Waals surface area (Å²) in [6.07, 6.45) is 4.34. The first-order valence-electron chi connectivity index (χ1n) is 12.0. The SMILES string of the molecule is CC[C@H]1[C@@H]2OC(=O)[C@@H](C)[C@@H]2[C@@]23C[C@@H]([C@@H]4C[C@H](C)C(=O)O4)N4CCCC[C@@H]1[C@]42NC(=O)O3. The van der Waals surface area contributed by atoms with E-state index in [2.05, 4.69) is 17.1 Å². The number of carbonyl (C=O) groups excluding carboxylic acids is 3. The molecule has 0 aromatic rings. The molecule has 0 bridgehead atoms. The fraction of sp³-hybridized carbons (Fsp3) is 0.870. The van der Waals surface area contributed by atoms with Gasteiger partial charge in [-0.2, -0.15) is 0 Å². The number of fused-ring (bicyclic) bond motifs is 1. The Labute approximate surface area is 182 Å². The van der Waals surface area contributed by atoms with Crippen LogP contribution in [0.5, 0.6) is 0 Å². The average molecular weight is 433 g/mol. The first kappa shape index (κ1) is 19.8. The van der Waals surface area contributed by atoms with E-state index in [1.807, 2.05) is 13.8 Å². The van der Waals surface area contributed by atoms with Crippen molar-refractivity contribution in [1.82, 2.24) is 10.2 Å². The lowest BCUT2D eigenvalue weighted by Gasteiger charge is -2.57. The van der Waals surface area contributed by atoms with Crippen molar-refractivity contribution in [3.63, 3.8) is 0 Å². The molecule has 8 nitrogen and oxygen atoms in total. The number of hydrogen-bond donors (Lipinski definition) is 1. The normalized spacial score (nSPS) is 53.1. The topological polar surface area (TPSA) is 94.2 Å². The Morgan fingerprint density at radius 2 is 1.94 bits per heavy atom. The molecule has 0 radical (unpaired) electrons. The van der Waals surface area contributed by atoms with Gasteiger partial charge in [-0.05, 0) is 25.7 Å². The second-order valence-electron chi connectivity index (χ2n) is 10.6. The smallest absolute Gasteiger partial charge is 0.409 e. The summed E-state index contributed by atoms with van der Waals surface area (Å²) >= 11 is 0. The van der Waals surface area contributed by atoms with E-state index < -0.39 is 17.4 Å². The van der Waals surface area contributed by atoms with Crippen LogP contribution in [0.25, 0.3) is 0 Å². The molecular weight excluding hydrogens is 400 g/mol. The average Bonchev–Trinajstić information content (AvgIpc) is 3.34. The largest absolute Gasteiger partial charge is 0.461 e. The minimum atomic E-state index is -0.843. The summed E-state index contributed by atoms with van der Waals surface area (Å²) in [5.74, 6) is -0.684. The molecule has 6 aliphatic rings. The third-order valence-corrected chi connectivity index (χ3v) is 9.43. The molecular formula is C23H32N2O6. The molecule has 0 unspecified atom stereocenters. The van der Waals surface area contributed by atoms with Crippen LogP contribution in [0, 0.1) is 29.6 Å². The number of nitrogens with zero attached hydrogens (tertiary/aromatic N) is 1. The Morgan fingerprint density at radius 1 is 1.13 bits per heavy atom. The van der Waals surface area contributed by atoms with Crippen LogP contribution in [-0.2, 0) is 23.8 Å². The predicted molar refractivity (Wildman–Crippen MR) is 108 cm³/mol. The van der Waals surface area contributed by atoms with Crippen molar-refractivity contribution in [2.75, 3.05) is 6.54 Å². The van der Waals surface area contributed by atoms with Crippen molar-refractivity contribution in [1.29, 1.82) is 0 Å². The number of esters is 2. The van der Waals surface area contributed by atoms with Crippen LogP contribution in [0.3, 0.4) is 0 Å². The molecule has 10 atom stereocenters. The van der Waals surface area contributed by atoms with Gasteiger partial charge in [-0.1, -0.05) is 27.2 Å². The molecule has 5 saturated heterocycles. The van der Waals surface area contributed by atoms with Gasteiger partial charge in [0.15, 0.2) is 5.60 Å². The molecule has 31 heavy (non-hydrogen) atoms. The van der Waals surface area contributed by atoms with E-state index in [0.717, 1.165) is 32.2 Å². The second-order valence-corrected chi connectivity index (χ2v) is 10.6. The van der Waals surface area contributed by atoms with Crippen molar-refractivity contribution in [3.05, 3.63) is 0 Å². The number of alkyl carbamates (subject to hydrolysis) is 1. The number of carbonyl (C=O) groups is 3. The Hall–Kier alpha value is -1.83. The minimum absolute atomic E-state index is 0.0331. The number of nitrogens with one attached hydrogen (secondary N) is 1. The van der Waals surface area contributed by atoms with Crippen LogP contribution in [0.2, 0.25) is 0 Å². The van der Waals surface area contributed by atoms with E-state index in [1.165, 1.54) is 0 Å². The molecule has 1 amide bonds. The third-order valence-electron chi connectivity index (χ3n) is 9.43. The highest BCUT2D eigenvalue weighted by Gasteiger charge is 2.82. The number of amides is 1. The minimum Gasteiger partial charge on any atom is -0.461 e. The van der Waals surface area contributed by atoms with Gasteiger partial charge in [-0.25, -0.2) is 4.79 Å². The van der Waals surface area contributed by atoms with Crippen molar-refractivity contribution in [2.24, 2.45) is 29.6 Å². The van der Waals surface area contributed by atoms with Crippen LogP contribution < -0.4 is 5.32 Å². The summed E-state index contributed by atoms with van der Waals surface area (Å²) in [4.78, 5) is 40.3. The van der Waals surface area contributed by atoms with Crippen LogP contribution in [0.15, 0.2) is 0 Å². The fourth-order valence-electron chi connectivity index (χ4n) is 8.36. The lowest BCUT2D eigenvalue weighted by Crippen LogP contribution is -2.75. The third kappa shape index (κ3) is 2.22. The molecule has 1 aliphatic carbocycles. The van der Waals surface area contributed by atoms with Gasteiger partial charge in [0.1, 0.15) is 17.9 Å². The van der Waals surface area contributed by atoms with E-state index in [0.29, 0.717) is 12.8 Å². The van der Waals surface area contributed by atoms with Crippen molar-refractivity contribution >= 4 is 18.0 Å². The second kappa shape index (κ2) is 6.36. The highest BCUT2D eigenvalue weighted by molar-refractivity contribution is 5.78. The monoisotopic (exact) mass is 432 g/mol. The molecule has 8 heteroatoms. The maximum absolute atomic E-state index is 12.9. The van der Waals surface area contributed by atoms with E-state index >= 15 is 0 Å². The van der Waals surface area contributed by atoms with Crippen LogP contribution in [0.4, 0.5) is 4.79 Å². The Balaban J connectivity index is 1.53. The van der Waals surface area contributed by atoms with Gasteiger partial charge in [0.05, 0.1) is 23.8 Å². The standard InChI is InChI=1S/C23H32N2O6/c1-4-13-14-7-5-6-8-25-15(16-9-11(2)19(26)29-16)10-22(23(14,25)24-21(28)31-22)17-12(3)20(27)30-18(13)17/h11-18H,4-10H2,1-3H3,(H,24,28)/t11-,12-,13+,14-,15-,16-,17-,18-,22-,23-/m0/s1. The van der Waals surface area contributed by atoms with Gasteiger partial charge in [-0.3, -0.25) is 19.8 Å². The molecule has 0 aromatic heterocycles. The quantitative estimate of drug-likeness (QED) is 0.528. The van der Waals surface area contributed by atoms with Crippen molar-refractivity contribution < 1.29 is 28.6 Å². The van der Waals surface area contributed by atoms with E-state index in [1.54, 1.807) is 0 Å². The number of hydrogen-bond acceptors (Lipinski definition) is 7. The van der Waals surface area contributed by atoms with E-state index in [-0.39, 0.29) is 59.8 Å². The van der Waals surface area contributed by atoms with Crippen LogP contribution in [-0.4, -0.2) is 59.0 Å². The Kier molecular flexibility index (Phi) is 4.07. The lowest BCUT2D eigenvalue weighted by atomic mass is 9.54. The highest BCUT2D eigenvalue weighted by atomic mass is 16.6. The first-order chi connectivity index (χ1) is 14.8. The molecule has 1 spiro atoms. The van der Waals surface area contributed by atoms with Gasteiger partial charge in [0, 0.05) is 24.8 Å². The summed E-state index contributed by atoms with van der Waals surface area (Å²) in [6, 6.07) is -0.0331. The number of rotatable bonds is 2. The number of cyclic esters (lactones) is 1. The summed E-state index contributed by atoms with van der Waals surface area (Å²) < 4.78 is 18.1. The van der Waals surface area contributed by atoms with Gasteiger partial charge in [-0.15, -0.1) is 0 Å². The summed E-state index contributed by atoms with van der Waals surface area (Å²) in [7, 11) is 0. The lowest BCUT2D eigenvalue weighted by molar-refractivity contribution is -0.183.